The average Bonchev–Trinajstić information content (AvgIpc) is 3.39. The largest absolute Gasteiger partial charge is 0.358 e. The zero-order valence-electron chi connectivity index (χ0n) is 19.9. The van der Waals surface area contributed by atoms with Gasteiger partial charge < -0.3 is 10.3 Å². The van der Waals surface area contributed by atoms with Crippen molar-refractivity contribution in [2.45, 2.75) is 38.6 Å². The highest BCUT2D eigenvalue weighted by Crippen LogP contribution is 2.30. The van der Waals surface area contributed by atoms with Gasteiger partial charge in [0, 0.05) is 24.2 Å². The predicted octanol–water partition coefficient (Wildman–Crippen LogP) is 4.17. The normalized spacial score (nSPS) is 16.1. The number of carbonyl (C=O) groups is 1. The molecule has 7 heteroatoms. The van der Waals surface area contributed by atoms with Crippen LogP contribution >= 0.6 is 0 Å². The summed E-state index contributed by atoms with van der Waals surface area (Å²) in [7, 11) is 1.83. The quantitative estimate of drug-likeness (QED) is 0.472. The number of piperidine rings is 1. The van der Waals surface area contributed by atoms with Crippen molar-refractivity contribution < 1.29 is 4.79 Å². The van der Waals surface area contributed by atoms with Crippen LogP contribution in [-0.4, -0.2) is 44.3 Å². The number of nitrogens with one attached hydrogen (secondary N) is 2. The van der Waals surface area contributed by atoms with Gasteiger partial charge in [-0.15, -0.1) is 0 Å². The van der Waals surface area contributed by atoms with E-state index in [1.807, 2.05) is 51.2 Å². The van der Waals surface area contributed by atoms with E-state index in [0.717, 1.165) is 37.3 Å². The van der Waals surface area contributed by atoms with Crippen LogP contribution < -0.4 is 10.9 Å². The first-order chi connectivity index (χ1) is 16.4. The van der Waals surface area contributed by atoms with E-state index in [1.54, 1.807) is 9.36 Å². The summed E-state index contributed by atoms with van der Waals surface area (Å²) in [5, 5.41) is 4.17. The van der Waals surface area contributed by atoms with Crippen LogP contribution in [-0.2, 0) is 11.8 Å². The zero-order chi connectivity index (χ0) is 23.8. The number of H-pyrrole nitrogens is 1. The summed E-state index contributed by atoms with van der Waals surface area (Å²) in [6.45, 7) is 5.47. The Labute approximate surface area is 199 Å². The fraction of sp³-hybridized carbons (Fsp3) is 0.333. The van der Waals surface area contributed by atoms with Gasteiger partial charge in [0.25, 0.3) is 5.56 Å². The maximum absolute atomic E-state index is 13.1. The Morgan fingerprint density at radius 1 is 1.06 bits per heavy atom. The third-order valence-corrected chi connectivity index (χ3v) is 7.25. The average molecular weight is 458 g/mol. The van der Waals surface area contributed by atoms with Crippen LogP contribution in [0.4, 0.5) is 5.69 Å². The Bertz CT molecular complexity index is 1340. The number of hydrogen-bond acceptors (Lipinski definition) is 3. The molecule has 2 aromatic carbocycles. The fourth-order valence-corrected chi connectivity index (χ4v) is 5.02. The second-order valence-corrected chi connectivity index (χ2v) is 9.22. The number of carbonyl (C=O) groups excluding carboxylic acids is 1. The smallest absolute Gasteiger partial charge is 0.295 e. The Balaban J connectivity index is 1.26. The lowest BCUT2D eigenvalue weighted by molar-refractivity contribution is -0.121. The minimum atomic E-state index is -0.312. The number of hydrogen-bond donors (Lipinski definition) is 2. The molecule has 34 heavy (non-hydrogen) atoms. The molecule has 7 nitrogen and oxygen atoms in total. The highest BCUT2D eigenvalue weighted by atomic mass is 16.2. The van der Waals surface area contributed by atoms with E-state index in [1.165, 1.54) is 16.6 Å². The van der Waals surface area contributed by atoms with Gasteiger partial charge in [-0.1, -0.05) is 36.4 Å². The predicted molar refractivity (Wildman–Crippen MR) is 136 cm³/mol. The summed E-state index contributed by atoms with van der Waals surface area (Å²) in [4.78, 5) is 32.0. The van der Waals surface area contributed by atoms with Crippen LogP contribution in [0.1, 0.15) is 37.1 Å². The van der Waals surface area contributed by atoms with E-state index in [4.69, 9.17) is 0 Å². The summed E-state index contributed by atoms with van der Waals surface area (Å²) in [5.74, 6) is 0.323. The van der Waals surface area contributed by atoms with E-state index >= 15 is 0 Å². The second kappa shape index (κ2) is 8.99. The monoisotopic (exact) mass is 457 g/mol. The number of benzene rings is 2. The van der Waals surface area contributed by atoms with Crippen LogP contribution in [0.25, 0.3) is 16.6 Å². The molecule has 2 aromatic heterocycles. The van der Waals surface area contributed by atoms with E-state index in [-0.39, 0.29) is 17.5 Å². The van der Waals surface area contributed by atoms with E-state index in [9.17, 15) is 9.59 Å². The van der Waals surface area contributed by atoms with Crippen LogP contribution in [0, 0.1) is 6.92 Å². The van der Waals surface area contributed by atoms with Crippen molar-refractivity contribution in [3.8, 4) is 5.69 Å². The van der Waals surface area contributed by atoms with Crippen molar-refractivity contribution in [2.24, 2.45) is 7.05 Å². The molecule has 0 bridgehead atoms. The Kier molecular flexibility index (Phi) is 5.87. The number of amides is 1. The molecule has 5 rings (SSSR count). The molecule has 1 atom stereocenters. The van der Waals surface area contributed by atoms with Gasteiger partial charge in [0.1, 0.15) is 5.69 Å². The third kappa shape index (κ3) is 3.96. The van der Waals surface area contributed by atoms with Crippen molar-refractivity contribution in [3.63, 3.8) is 0 Å². The Morgan fingerprint density at radius 2 is 1.74 bits per heavy atom. The number of rotatable bonds is 5. The van der Waals surface area contributed by atoms with E-state index in [0.29, 0.717) is 11.6 Å². The molecular weight excluding hydrogens is 426 g/mol. The summed E-state index contributed by atoms with van der Waals surface area (Å²) in [6, 6.07) is 19.8. The molecule has 176 valence electrons. The van der Waals surface area contributed by atoms with Gasteiger partial charge in [0.2, 0.25) is 5.91 Å². The van der Waals surface area contributed by atoms with Crippen LogP contribution in [0.3, 0.4) is 0 Å². The summed E-state index contributed by atoms with van der Waals surface area (Å²) in [5.41, 5.74) is 4.07. The van der Waals surface area contributed by atoms with Crippen molar-refractivity contribution in [2.75, 3.05) is 18.4 Å². The zero-order valence-corrected chi connectivity index (χ0v) is 19.9. The molecule has 0 spiro atoms. The van der Waals surface area contributed by atoms with Gasteiger partial charge in [-0.3, -0.25) is 19.2 Å². The molecule has 1 aliphatic rings. The summed E-state index contributed by atoms with van der Waals surface area (Å²) < 4.78 is 3.37. The minimum Gasteiger partial charge on any atom is -0.358 e. The first kappa shape index (κ1) is 22.2. The maximum Gasteiger partial charge on any atom is 0.295 e. The molecular formula is C27H31N5O2. The molecule has 1 saturated heterocycles. The van der Waals surface area contributed by atoms with E-state index < -0.39 is 0 Å². The summed E-state index contributed by atoms with van der Waals surface area (Å²) in [6.07, 6.45) is 1.99. The van der Waals surface area contributed by atoms with Crippen LogP contribution in [0.15, 0.2) is 65.5 Å². The summed E-state index contributed by atoms with van der Waals surface area (Å²) >= 11 is 0. The van der Waals surface area contributed by atoms with Crippen molar-refractivity contribution >= 4 is 22.5 Å². The van der Waals surface area contributed by atoms with E-state index in [2.05, 4.69) is 45.5 Å². The topological polar surface area (TPSA) is 75.1 Å². The van der Waals surface area contributed by atoms with Crippen LogP contribution in [0.2, 0.25) is 0 Å². The maximum atomic E-state index is 13.1. The fourth-order valence-electron chi connectivity index (χ4n) is 5.02. The molecule has 1 unspecified atom stereocenters. The Morgan fingerprint density at radius 3 is 2.44 bits per heavy atom. The lowest BCUT2D eigenvalue weighted by atomic mass is 9.92. The lowest BCUT2D eigenvalue weighted by Crippen LogP contribution is -2.46. The van der Waals surface area contributed by atoms with Crippen molar-refractivity contribution in [3.05, 3.63) is 82.4 Å². The molecule has 0 radical (unpaired) electrons. The molecule has 4 aromatic rings. The number of anilines is 1. The number of fused-ring (bicyclic) bond motifs is 1. The van der Waals surface area contributed by atoms with Gasteiger partial charge >= 0.3 is 0 Å². The molecule has 0 saturated carbocycles. The number of likely N-dealkylation sites (tertiary alicyclic amines) is 1. The van der Waals surface area contributed by atoms with Crippen molar-refractivity contribution in [1.29, 1.82) is 0 Å². The van der Waals surface area contributed by atoms with Crippen molar-refractivity contribution in [1.82, 2.24) is 19.2 Å². The standard InChI is InChI=1S/C27H31N5O2/c1-18-25(27(34)32(30(18)3)22-10-5-4-6-11-22)29-26(33)19(2)31-15-13-20(14-16-31)24-17-21-9-7-8-12-23(21)28-24/h4-12,17,19-20,28H,13-16H2,1-3H3,(H,29,33). The minimum absolute atomic E-state index is 0.143. The number of aromatic nitrogens is 3. The second-order valence-electron chi connectivity index (χ2n) is 9.22. The Hall–Kier alpha value is -3.58. The number of aromatic amines is 1. The molecule has 0 aliphatic carbocycles. The van der Waals surface area contributed by atoms with Gasteiger partial charge in [0.15, 0.2) is 0 Å². The molecule has 1 amide bonds. The first-order valence-electron chi connectivity index (χ1n) is 11.9. The molecule has 3 heterocycles. The molecule has 1 aliphatic heterocycles. The van der Waals surface area contributed by atoms with Gasteiger partial charge in [0.05, 0.1) is 17.4 Å². The van der Waals surface area contributed by atoms with Crippen LogP contribution in [0.5, 0.6) is 0 Å². The SMILES string of the molecule is Cc1c(NC(=O)C(C)N2CCC(c3cc4ccccc4[nH]3)CC2)c(=O)n(-c2ccccc2)n1C. The first-order valence-corrected chi connectivity index (χ1v) is 11.9. The highest BCUT2D eigenvalue weighted by molar-refractivity contribution is 5.95. The number of para-hydroxylation sites is 2. The van der Waals surface area contributed by atoms with Gasteiger partial charge in [-0.2, -0.15) is 0 Å². The van der Waals surface area contributed by atoms with Gasteiger partial charge in [-0.25, -0.2) is 4.68 Å². The lowest BCUT2D eigenvalue weighted by Gasteiger charge is -2.35. The highest BCUT2D eigenvalue weighted by Gasteiger charge is 2.29. The van der Waals surface area contributed by atoms with Gasteiger partial charge in [-0.05, 0) is 69.4 Å². The third-order valence-electron chi connectivity index (χ3n) is 7.25. The molecule has 1 fully saturated rings. The number of nitrogens with zero attached hydrogens (tertiary/aromatic N) is 3. The molecule has 2 N–H and O–H groups in total.